The highest BCUT2D eigenvalue weighted by atomic mass is 19.1. The zero-order chi connectivity index (χ0) is 20.1. The lowest BCUT2D eigenvalue weighted by atomic mass is 10.1. The molecule has 0 atom stereocenters. The van der Waals surface area contributed by atoms with Crippen molar-refractivity contribution < 1.29 is 27.7 Å². The molecule has 1 aromatic heterocycles. The van der Waals surface area contributed by atoms with E-state index in [1.165, 1.54) is 19.4 Å². The van der Waals surface area contributed by atoms with Crippen LogP contribution in [0, 0.1) is 11.6 Å². The number of methoxy groups -OCH3 is 2. The maximum absolute atomic E-state index is 14.3. The largest absolute Gasteiger partial charge is 0.493 e. The van der Waals surface area contributed by atoms with Crippen LogP contribution in [-0.2, 0) is 4.74 Å². The molecule has 3 rings (SSSR count). The molecule has 0 aliphatic heterocycles. The van der Waals surface area contributed by atoms with Gasteiger partial charge in [-0.2, -0.15) is 0 Å². The number of nitrogens with one attached hydrogen (secondary N) is 1. The van der Waals surface area contributed by atoms with Crippen molar-refractivity contribution >= 4 is 16.6 Å². The van der Waals surface area contributed by atoms with Crippen LogP contribution < -0.4 is 19.5 Å². The van der Waals surface area contributed by atoms with E-state index in [9.17, 15) is 8.78 Å². The van der Waals surface area contributed by atoms with Crippen LogP contribution in [0.4, 0.5) is 14.5 Å². The smallest absolute Gasteiger partial charge is 0.198 e. The molecule has 0 aliphatic rings. The third-order valence-electron chi connectivity index (χ3n) is 4.03. The van der Waals surface area contributed by atoms with Gasteiger partial charge in [-0.05, 0) is 12.1 Å². The minimum absolute atomic E-state index is 0.238. The Bertz CT molecular complexity index is 959. The molecule has 1 heterocycles. The summed E-state index contributed by atoms with van der Waals surface area (Å²) < 4.78 is 50.1. The first-order valence-electron chi connectivity index (χ1n) is 8.50. The number of hydrogen-bond acceptors (Lipinski definition) is 6. The van der Waals surface area contributed by atoms with Crippen molar-refractivity contribution in [2.45, 2.75) is 0 Å². The molecule has 3 aromatic rings. The molecule has 0 aliphatic carbocycles. The second-order valence-electron chi connectivity index (χ2n) is 5.79. The number of fused-ring (bicyclic) bond motifs is 1. The molecule has 0 saturated heterocycles. The molecule has 28 heavy (non-hydrogen) atoms. The minimum atomic E-state index is -0.819. The van der Waals surface area contributed by atoms with E-state index >= 15 is 0 Å². The summed E-state index contributed by atoms with van der Waals surface area (Å²) in [5.74, 6) is -0.977. The number of halogens is 2. The Morgan fingerprint density at radius 2 is 1.71 bits per heavy atom. The minimum Gasteiger partial charge on any atom is -0.493 e. The van der Waals surface area contributed by atoms with Crippen LogP contribution in [0.5, 0.6) is 23.0 Å². The van der Waals surface area contributed by atoms with E-state index in [4.69, 9.17) is 18.9 Å². The standard InChI is InChI=1S/C20H20F2N2O4/c1-23-12-8-14(21)20(15(22)9-12)28-17-4-5-24-16-11-19(27-7-6-25-2)18(26-3)10-13(16)17/h4-5,8-11,23H,6-7H2,1-3H3. The number of ether oxygens (including phenoxy) is 4. The van der Waals surface area contributed by atoms with Crippen LogP contribution in [-0.4, -0.2) is 39.5 Å². The maximum atomic E-state index is 14.3. The average Bonchev–Trinajstić information content (AvgIpc) is 2.70. The van der Waals surface area contributed by atoms with Crippen molar-refractivity contribution in [2.24, 2.45) is 0 Å². The first-order chi connectivity index (χ1) is 13.6. The molecule has 2 aromatic carbocycles. The third kappa shape index (κ3) is 4.07. The predicted octanol–water partition coefficient (Wildman–Crippen LogP) is 4.38. The molecule has 1 N–H and O–H groups in total. The van der Waals surface area contributed by atoms with E-state index in [0.29, 0.717) is 41.3 Å². The molecular weight excluding hydrogens is 370 g/mol. The number of aromatic nitrogens is 1. The van der Waals surface area contributed by atoms with Crippen LogP contribution in [0.1, 0.15) is 0 Å². The Labute approximate surface area is 161 Å². The van der Waals surface area contributed by atoms with Gasteiger partial charge in [0.1, 0.15) is 12.4 Å². The number of nitrogens with zero attached hydrogens (tertiary/aromatic N) is 1. The lowest BCUT2D eigenvalue weighted by molar-refractivity contribution is 0.144. The number of anilines is 1. The molecule has 8 heteroatoms. The fourth-order valence-corrected chi connectivity index (χ4v) is 2.64. The van der Waals surface area contributed by atoms with Crippen molar-refractivity contribution in [3.63, 3.8) is 0 Å². The SMILES string of the molecule is CNc1cc(F)c(Oc2ccnc3cc(OCCOC)c(OC)cc23)c(F)c1. The maximum Gasteiger partial charge on any atom is 0.198 e. The summed E-state index contributed by atoms with van der Waals surface area (Å²) in [7, 11) is 4.65. The molecule has 0 saturated carbocycles. The number of hydrogen-bond donors (Lipinski definition) is 1. The first-order valence-corrected chi connectivity index (χ1v) is 8.50. The topological polar surface area (TPSA) is 61.8 Å². The Balaban J connectivity index is 2.01. The Hall–Kier alpha value is -3.13. The Morgan fingerprint density at radius 3 is 2.36 bits per heavy atom. The Kier molecular flexibility index (Phi) is 6.10. The van der Waals surface area contributed by atoms with Crippen LogP contribution in [0.2, 0.25) is 0 Å². The van der Waals surface area contributed by atoms with E-state index in [1.807, 2.05) is 0 Å². The van der Waals surface area contributed by atoms with Crippen molar-refractivity contribution in [3.8, 4) is 23.0 Å². The quantitative estimate of drug-likeness (QED) is 0.576. The second kappa shape index (κ2) is 8.71. The van der Waals surface area contributed by atoms with E-state index in [2.05, 4.69) is 10.3 Å². The van der Waals surface area contributed by atoms with Crippen LogP contribution in [0.3, 0.4) is 0 Å². The van der Waals surface area contributed by atoms with Gasteiger partial charge in [0.2, 0.25) is 0 Å². The fourth-order valence-electron chi connectivity index (χ4n) is 2.64. The molecule has 6 nitrogen and oxygen atoms in total. The summed E-state index contributed by atoms with van der Waals surface area (Å²) >= 11 is 0. The van der Waals surface area contributed by atoms with Crippen LogP contribution in [0.15, 0.2) is 36.5 Å². The van der Waals surface area contributed by atoms with Gasteiger partial charge in [-0.1, -0.05) is 0 Å². The van der Waals surface area contributed by atoms with Crippen molar-refractivity contribution in [1.29, 1.82) is 0 Å². The zero-order valence-corrected chi connectivity index (χ0v) is 15.7. The predicted molar refractivity (Wildman–Crippen MR) is 102 cm³/mol. The molecular formula is C20H20F2N2O4. The summed E-state index contributed by atoms with van der Waals surface area (Å²) in [5, 5.41) is 3.21. The lowest BCUT2D eigenvalue weighted by Crippen LogP contribution is -2.05. The summed E-state index contributed by atoms with van der Waals surface area (Å²) in [6.07, 6.45) is 1.49. The first kappa shape index (κ1) is 19.6. The molecule has 148 valence electrons. The number of pyridine rings is 1. The highest BCUT2D eigenvalue weighted by molar-refractivity contribution is 5.88. The van der Waals surface area contributed by atoms with E-state index in [-0.39, 0.29) is 5.75 Å². The molecule has 0 unspecified atom stereocenters. The van der Waals surface area contributed by atoms with Gasteiger partial charge in [0.15, 0.2) is 28.9 Å². The van der Waals surface area contributed by atoms with Crippen molar-refractivity contribution in [3.05, 3.63) is 48.2 Å². The monoisotopic (exact) mass is 390 g/mol. The lowest BCUT2D eigenvalue weighted by Gasteiger charge is -2.14. The summed E-state index contributed by atoms with van der Waals surface area (Å²) in [6.45, 7) is 0.752. The van der Waals surface area contributed by atoms with Crippen molar-refractivity contribution in [1.82, 2.24) is 4.98 Å². The third-order valence-corrected chi connectivity index (χ3v) is 4.03. The van der Waals surface area contributed by atoms with Crippen LogP contribution in [0.25, 0.3) is 10.9 Å². The van der Waals surface area contributed by atoms with Gasteiger partial charge < -0.3 is 24.3 Å². The average molecular weight is 390 g/mol. The zero-order valence-electron chi connectivity index (χ0n) is 15.7. The Morgan fingerprint density at radius 1 is 0.964 bits per heavy atom. The van der Waals surface area contributed by atoms with E-state index in [1.54, 1.807) is 26.3 Å². The van der Waals surface area contributed by atoms with Crippen LogP contribution >= 0.6 is 0 Å². The summed E-state index contributed by atoms with van der Waals surface area (Å²) in [4.78, 5) is 4.28. The van der Waals surface area contributed by atoms with Gasteiger partial charge in [0.25, 0.3) is 0 Å². The molecule has 0 radical (unpaired) electrons. The highest BCUT2D eigenvalue weighted by Crippen LogP contribution is 2.38. The number of benzene rings is 2. The van der Waals surface area contributed by atoms with Gasteiger partial charge in [0, 0.05) is 49.6 Å². The fraction of sp³-hybridized carbons (Fsp3) is 0.250. The molecule has 0 spiro atoms. The van der Waals surface area contributed by atoms with E-state index < -0.39 is 17.4 Å². The second-order valence-corrected chi connectivity index (χ2v) is 5.79. The summed E-state index contributed by atoms with van der Waals surface area (Å²) in [6, 6.07) is 7.16. The number of rotatable bonds is 8. The molecule has 0 bridgehead atoms. The molecule has 0 amide bonds. The van der Waals surface area contributed by atoms with Gasteiger partial charge >= 0.3 is 0 Å². The van der Waals surface area contributed by atoms with Crippen molar-refractivity contribution in [2.75, 3.05) is 39.8 Å². The molecule has 0 fully saturated rings. The van der Waals surface area contributed by atoms with Gasteiger partial charge in [0.05, 0.1) is 19.2 Å². The van der Waals surface area contributed by atoms with Gasteiger partial charge in [-0.15, -0.1) is 0 Å². The van der Waals surface area contributed by atoms with Gasteiger partial charge in [-0.3, -0.25) is 4.98 Å². The highest BCUT2D eigenvalue weighted by Gasteiger charge is 2.17. The van der Waals surface area contributed by atoms with E-state index in [0.717, 1.165) is 12.1 Å². The summed E-state index contributed by atoms with van der Waals surface area (Å²) in [5.41, 5.74) is 0.833. The normalized spacial score (nSPS) is 10.8. The van der Waals surface area contributed by atoms with Gasteiger partial charge in [-0.25, -0.2) is 8.78 Å².